The highest BCUT2D eigenvalue weighted by Gasteiger charge is 2.57. The van der Waals surface area contributed by atoms with Gasteiger partial charge in [0.05, 0.1) is 11.9 Å². The maximum atomic E-state index is 13.6. The van der Waals surface area contributed by atoms with Crippen LogP contribution in [0.25, 0.3) is 0 Å². The molecule has 112 valence electrons. The molecule has 4 rings (SSSR count). The van der Waals surface area contributed by atoms with E-state index in [1.165, 1.54) is 12.3 Å². The quantitative estimate of drug-likeness (QED) is 0.686. The molecule has 0 saturated carbocycles. The van der Waals surface area contributed by atoms with Gasteiger partial charge in [-0.2, -0.15) is 0 Å². The Kier molecular flexibility index (Phi) is 2.55. The van der Waals surface area contributed by atoms with Crippen LogP contribution < -0.4 is 9.64 Å². The van der Waals surface area contributed by atoms with Gasteiger partial charge in [-0.1, -0.05) is 30.3 Å². The molecule has 2 heterocycles. The zero-order chi connectivity index (χ0) is 15.4. The van der Waals surface area contributed by atoms with Crippen molar-refractivity contribution in [3.63, 3.8) is 0 Å². The normalized spacial score (nSPS) is 22.4. The number of fused-ring (bicyclic) bond motifs is 2. The lowest BCUT2D eigenvalue weighted by Gasteiger charge is -2.39. The van der Waals surface area contributed by atoms with Crippen LogP contribution in [0.15, 0.2) is 53.5 Å². The molecule has 2 aliphatic heterocycles. The molecule has 1 atom stereocenters. The van der Waals surface area contributed by atoms with E-state index in [-0.39, 0.29) is 12.1 Å². The van der Waals surface area contributed by atoms with E-state index in [1.807, 2.05) is 0 Å². The van der Waals surface area contributed by atoms with Gasteiger partial charge in [0.1, 0.15) is 11.4 Å². The van der Waals surface area contributed by atoms with Gasteiger partial charge >= 0.3 is 6.30 Å². The van der Waals surface area contributed by atoms with Crippen LogP contribution in [0.1, 0.15) is 5.56 Å². The largest absolute Gasteiger partial charge is 0.488 e. The third-order valence-electron chi connectivity index (χ3n) is 3.87. The van der Waals surface area contributed by atoms with Crippen molar-refractivity contribution in [2.45, 2.75) is 18.4 Å². The van der Waals surface area contributed by atoms with E-state index in [9.17, 15) is 13.2 Å². The summed E-state index contributed by atoms with van der Waals surface area (Å²) in [5.74, 6) is 0.354. The molecule has 0 amide bonds. The number of hydrogen-bond donors (Lipinski definition) is 0. The molecule has 0 bridgehead atoms. The van der Waals surface area contributed by atoms with Crippen molar-refractivity contribution in [3.05, 3.63) is 54.1 Å². The van der Waals surface area contributed by atoms with Crippen molar-refractivity contribution in [3.8, 4) is 5.75 Å². The summed E-state index contributed by atoms with van der Waals surface area (Å²) in [5, 5.41) is 0. The lowest BCUT2D eigenvalue weighted by atomic mass is 10.1. The topological polar surface area (TPSA) is 24.8 Å². The number of para-hydroxylation sites is 3. The molecule has 22 heavy (non-hydrogen) atoms. The third-order valence-corrected chi connectivity index (χ3v) is 3.87. The van der Waals surface area contributed by atoms with Crippen molar-refractivity contribution in [2.24, 2.45) is 4.99 Å². The van der Waals surface area contributed by atoms with Gasteiger partial charge < -0.3 is 4.74 Å². The lowest BCUT2D eigenvalue weighted by molar-refractivity contribution is -0.151. The molecule has 6 heteroatoms. The summed E-state index contributed by atoms with van der Waals surface area (Å²) in [7, 11) is 0. The van der Waals surface area contributed by atoms with E-state index >= 15 is 0 Å². The van der Waals surface area contributed by atoms with Crippen LogP contribution in [-0.4, -0.2) is 18.2 Å². The zero-order valence-corrected chi connectivity index (χ0v) is 11.3. The Bertz CT molecular complexity index is 772. The first-order chi connectivity index (χ1) is 10.5. The maximum absolute atomic E-state index is 13.6. The second-order valence-electron chi connectivity index (χ2n) is 5.28. The van der Waals surface area contributed by atoms with E-state index in [4.69, 9.17) is 4.74 Å². The second-order valence-corrected chi connectivity index (χ2v) is 5.28. The number of ether oxygens (including phenoxy) is 1. The van der Waals surface area contributed by atoms with Crippen molar-refractivity contribution in [1.29, 1.82) is 0 Å². The Labute approximate surface area is 124 Å². The number of alkyl halides is 3. The standard InChI is InChI=1S/C16H11F3N2O/c17-16(18,19)21-13-7-3-1-5-11(13)9-15(21)10-20-12-6-2-4-8-14(12)22-15/h1-8,10H,9H2. The molecule has 1 spiro atoms. The molecule has 0 fully saturated rings. The minimum Gasteiger partial charge on any atom is -0.460 e. The summed E-state index contributed by atoms with van der Waals surface area (Å²) in [6, 6.07) is 13.3. The summed E-state index contributed by atoms with van der Waals surface area (Å²) in [4.78, 5) is 4.54. The number of nitrogens with zero attached hydrogens (tertiary/aromatic N) is 2. The minimum absolute atomic E-state index is 0.0977. The van der Waals surface area contributed by atoms with E-state index < -0.39 is 12.0 Å². The number of anilines is 1. The smallest absolute Gasteiger partial charge is 0.460 e. The fourth-order valence-corrected chi connectivity index (χ4v) is 3.01. The molecular weight excluding hydrogens is 293 g/mol. The van der Waals surface area contributed by atoms with Crippen molar-refractivity contribution >= 4 is 17.6 Å². The summed E-state index contributed by atoms with van der Waals surface area (Å²) >= 11 is 0. The van der Waals surface area contributed by atoms with Gasteiger partial charge in [-0.05, 0) is 23.8 Å². The summed E-state index contributed by atoms with van der Waals surface area (Å²) in [6.45, 7) is 0. The predicted molar refractivity (Wildman–Crippen MR) is 76.6 cm³/mol. The Morgan fingerprint density at radius 2 is 1.77 bits per heavy atom. The van der Waals surface area contributed by atoms with Crippen LogP contribution in [0.5, 0.6) is 5.75 Å². The number of rotatable bonds is 0. The molecular formula is C16H11F3N2O. The van der Waals surface area contributed by atoms with Crippen LogP contribution >= 0.6 is 0 Å². The van der Waals surface area contributed by atoms with Crippen molar-refractivity contribution in [2.75, 3.05) is 4.90 Å². The summed E-state index contributed by atoms with van der Waals surface area (Å²) < 4.78 is 46.6. The first-order valence-electron chi connectivity index (χ1n) is 6.78. The molecule has 3 nitrogen and oxygen atoms in total. The molecule has 0 aliphatic carbocycles. The van der Waals surface area contributed by atoms with Crippen LogP contribution in [0.4, 0.5) is 24.5 Å². The maximum Gasteiger partial charge on any atom is 0.488 e. The first kappa shape index (κ1) is 13.2. The van der Waals surface area contributed by atoms with Crippen LogP contribution in [0.3, 0.4) is 0 Å². The molecule has 0 N–H and O–H groups in total. The third kappa shape index (κ3) is 1.80. The fraction of sp³-hybridized carbons (Fsp3) is 0.188. The molecule has 0 aromatic heterocycles. The van der Waals surface area contributed by atoms with E-state index in [0.717, 1.165) is 0 Å². The summed E-state index contributed by atoms with van der Waals surface area (Å²) in [6.07, 6.45) is -3.21. The Morgan fingerprint density at radius 3 is 2.59 bits per heavy atom. The monoisotopic (exact) mass is 304 g/mol. The van der Waals surface area contributed by atoms with Crippen LogP contribution in [-0.2, 0) is 6.42 Å². The molecule has 1 unspecified atom stereocenters. The number of aliphatic imine (C=N–C) groups is 1. The van der Waals surface area contributed by atoms with Crippen molar-refractivity contribution in [1.82, 2.24) is 0 Å². The first-order valence-corrected chi connectivity index (χ1v) is 6.78. The number of benzene rings is 2. The molecule has 0 radical (unpaired) electrons. The fourth-order valence-electron chi connectivity index (χ4n) is 3.01. The number of halogens is 3. The van der Waals surface area contributed by atoms with Gasteiger partial charge in [0.25, 0.3) is 0 Å². The predicted octanol–water partition coefficient (Wildman–Crippen LogP) is 4.06. The number of hydrogen-bond acceptors (Lipinski definition) is 3. The van der Waals surface area contributed by atoms with Crippen LogP contribution in [0.2, 0.25) is 0 Å². The molecule has 2 aromatic carbocycles. The highest BCUT2D eigenvalue weighted by Crippen LogP contribution is 2.48. The van der Waals surface area contributed by atoms with Gasteiger partial charge in [-0.3, -0.25) is 4.99 Å². The summed E-state index contributed by atoms with van der Waals surface area (Å²) in [5.41, 5.74) is -0.422. The van der Waals surface area contributed by atoms with Crippen LogP contribution in [0, 0.1) is 0 Å². The zero-order valence-electron chi connectivity index (χ0n) is 11.3. The van der Waals surface area contributed by atoms with Gasteiger partial charge in [0.15, 0.2) is 0 Å². The van der Waals surface area contributed by atoms with E-state index in [2.05, 4.69) is 4.99 Å². The average molecular weight is 304 g/mol. The van der Waals surface area contributed by atoms with Gasteiger partial charge in [-0.25, -0.2) is 4.90 Å². The highest BCUT2D eigenvalue weighted by atomic mass is 19.4. The Morgan fingerprint density at radius 1 is 1.05 bits per heavy atom. The SMILES string of the molecule is FC(F)(F)N1c2ccccc2CC12C=Nc1ccccc1O2. The van der Waals surface area contributed by atoms with Crippen molar-refractivity contribution < 1.29 is 17.9 Å². The van der Waals surface area contributed by atoms with E-state index in [1.54, 1.807) is 42.5 Å². The van der Waals surface area contributed by atoms with Gasteiger partial charge in [0, 0.05) is 6.42 Å². The molecule has 2 aliphatic rings. The Hall–Kier alpha value is -2.50. The van der Waals surface area contributed by atoms with Gasteiger partial charge in [-0.15, -0.1) is 13.2 Å². The van der Waals surface area contributed by atoms with E-state index in [0.29, 0.717) is 21.9 Å². The molecule has 2 aromatic rings. The Balaban J connectivity index is 1.86. The van der Waals surface area contributed by atoms with Gasteiger partial charge in [0.2, 0.25) is 5.72 Å². The lowest BCUT2D eigenvalue weighted by Crippen LogP contribution is -2.59. The minimum atomic E-state index is -4.56. The second kappa shape index (κ2) is 4.25. The average Bonchev–Trinajstić information content (AvgIpc) is 2.80. The molecule has 0 saturated heterocycles. The highest BCUT2D eigenvalue weighted by molar-refractivity contribution is 5.85.